The van der Waals surface area contributed by atoms with Gasteiger partial charge in [-0.2, -0.15) is 0 Å². The van der Waals surface area contributed by atoms with Crippen LogP contribution in [0.1, 0.15) is 0 Å². The van der Waals surface area contributed by atoms with Gasteiger partial charge in [0, 0.05) is 35.4 Å². The highest BCUT2D eigenvalue weighted by atomic mass is 32.2. The van der Waals surface area contributed by atoms with Crippen LogP contribution in [0.5, 0.6) is 0 Å². The quantitative estimate of drug-likeness (QED) is 0.317. The van der Waals surface area contributed by atoms with Crippen LogP contribution in [0.2, 0.25) is 0 Å². The Morgan fingerprint density at radius 3 is 1.28 bits per heavy atom. The summed E-state index contributed by atoms with van der Waals surface area (Å²) in [5.41, 5.74) is 1.01. The van der Waals surface area contributed by atoms with Gasteiger partial charge in [-0.1, -0.05) is 24.3 Å². The van der Waals surface area contributed by atoms with Crippen molar-refractivity contribution in [2.24, 2.45) is 0 Å². The van der Waals surface area contributed by atoms with E-state index >= 15 is 0 Å². The number of hydrogen-bond donors (Lipinski definition) is 0. The molecule has 0 aliphatic heterocycles. The first-order valence-electron chi connectivity index (χ1n) is 9.74. The van der Waals surface area contributed by atoms with E-state index in [1.165, 1.54) is 0 Å². The lowest BCUT2D eigenvalue weighted by molar-refractivity contribution is 0.484. The summed E-state index contributed by atoms with van der Waals surface area (Å²) < 4.78 is 58.8. The van der Waals surface area contributed by atoms with Gasteiger partial charge in [0.25, 0.3) is 0 Å². The second kappa shape index (κ2) is 6.11. The maximum Gasteiger partial charge on any atom is 0.219 e. The van der Waals surface area contributed by atoms with Gasteiger partial charge >= 0.3 is 0 Å². The standard InChI is InChI=1S/C24H16O6S2/c1-31(25,26)23-9-15-7-13-3-5-18-17(19(13)11-21(15)29-23)6-4-14-8-16-10-24(32(2,27)28)30-22(16)12-20(14)18/h3-12H,1-2H3. The Morgan fingerprint density at radius 1 is 0.500 bits per heavy atom. The zero-order chi connectivity index (χ0) is 22.4. The molecule has 0 aliphatic rings. The van der Waals surface area contributed by atoms with E-state index in [9.17, 15) is 16.8 Å². The Kier molecular flexibility index (Phi) is 3.69. The summed E-state index contributed by atoms with van der Waals surface area (Å²) in [6.07, 6.45) is 2.24. The molecule has 0 saturated carbocycles. The van der Waals surface area contributed by atoms with E-state index in [1.54, 1.807) is 12.1 Å². The highest BCUT2D eigenvalue weighted by Crippen LogP contribution is 2.37. The van der Waals surface area contributed by atoms with Crippen molar-refractivity contribution in [3.8, 4) is 0 Å². The number of hydrogen-bond acceptors (Lipinski definition) is 6. The van der Waals surface area contributed by atoms with Crippen molar-refractivity contribution in [2.75, 3.05) is 12.5 Å². The van der Waals surface area contributed by atoms with Crippen LogP contribution < -0.4 is 0 Å². The van der Waals surface area contributed by atoms with E-state index in [2.05, 4.69) is 0 Å². The molecule has 6 aromatic rings. The Morgan fingerprint density at radius 2 is 0.906 bits per heavy atom. The van der Waals surface area contributed by atoms with E-state index in [-0.39, 0.29) is 10.2 Å². The zero-order valence-corrected chi connectivity index (χ0v) is 18.7. The fourth-order valence-electron chi connectivity index (χ4n) is 4.26. The molecule has 0 unspecified atom stereocenters. The fraction of sp³-hybridized carbons (Fsp3) is 0.0833. The molecule has 0 bridgehead atoms. The van der Waals surface area contributed by atoms with Gasteiger partial charge < -0.3 is 8.83 Å². The minimum absolute atomic E-state index is 0.0561. The van der Waals surface area contributed by atoms with Gasteiger partial charge in [0.15, 0.2) is 0 Å². The second-order valence-corrected chi connectivity index (χ2v) is 12.0. The Bertz CT molecular complexity index is 1830. The molecule has 4 aromatic carbocycles. The molecule has 0 spiro atoms. The molecule has 6 nitrogen and oxygen atoms in total. The van der Waals surface area contributed by atoms with Crippen LogP contribution in [0, 0.1) is 0 Å². The van der Waals surface area contributed by atoms with Gasteiger partial charge in [0.1, 0.15) is 11.2 Å². The number of furan rings is 2. The summed E-state index contributed by atoms with van der Waals surface area (Å²) in [6.45, 7) is 0. The molecule has 8 heteroatoms. The van der Waals surface area contributed by atoms with Gasteiger partial charge in [0.2, 0.25) is 29.9 Å². The first-order valence-corrected chi connectivity index (χ1v) is 13.5. The van der Waals surface area contributed by atoms with Crippen molar-refractivity contribution >= 4 is 73.9 Å². The molecule has 0 N–H and O–H groups in total. The van der Waals surface area contributed by atoms with Crippen LogP contribution in [0.25, 0.3) is 54.3 Å². The first-order chi connectivity index (χ1) is 15.1. The zero-order valence-electron chi connectivity index (χ0n) is 17.0. The van der Waals surface area contributed by atoms with Gasteiger partial charge in [-0.25, -0.2) is 16.8 Å². The lowest BCUT2D eigenvalue weighted by atomic mass is 9.96. The lowest BCUT2D eigenvalue weighted by Crippen LogP contribution is -1.93. The van der Waals surface area contributed by atoms with Crippen LogP contribution in [-0.2, 0) is 19.7 Å². The average molecular weight is 465 g/mol. The van der Waals surface area contributed by atoms with Crippen LogP contribution in [0.3, 0.4) is 0 Å². The van der Waals surface area contributed by atoms with Crippen molar-refractivity contribution in [2.45, 2.75) is 10.2 Å². The third kappa shape index (κ3) is 2.83. The molecule has 0 atom stereocenters. The van der Waals surface area contributed by atoms with Crippen LogP contribution in [-0.4, -0.2) is 29.3 Å². The second-order valence-electron chi connectivity index (χ2n) is 8.12. The Labute approximate surface area is 182 Å². The smallest absolute Gasteiger partial charge is 0.219 e. The molecule has 0 radical (unpaired) electrons. The molecule has 2 heterocycles. The van der Waals surface area contributed by atoms with Gasteiger partial charge in [-0.3, -0.25) is 0 Å². The molecule has 0 fully saturated rings. The maximum atomic E-state index is 11.9. The molecule has 0 saturated heterocycles. The Hall–Kier alpha value is -3.36. The molecule has 2 aromatic heterocycles. The largest absolute Gasteiger partial charge is 0.445 e. The minimum atomic E-state index is -3.44. The summed E-state index contributed by atoms with van der Waals surface area (Å²) in [4.78, 5) is 0. The predicted octanol–water partition coefficient (Wildman–Crippen LogP) is 5.45. The Balaban J connectivity index is 1.67. The summed E-state index contributed by atoms with van der Waals surface area (Å²) >= 11 is 0. The number of rotatable bonds is 2. The topological polar surface area (TPSA) is 94.6 Å². The number of benzene rings is 4. The van der Waals surface area contributed by atoms with Crippen molar-refractivity contribution in [3.05, 3.63) is 60.7 Å². The molecule has 6 rings (SSSR count). The van der Waals surface area contributed by atoms with Crippen molar-refractivity contribution in [1.29, 1.82) is 0 Å². The molecular formula is C24H16O6S2. The van der Waals surface area contributed by atoms with E-state index in [4.69, 9.17) is 8.83 Å². The summed E-state index contributed by atoms with van der Waals surface area (Å²) in [6, 6.07) is 18.6. The molecule has 160 valence electrons. The molecular weight excluding hydrogens is 448 g/mol. The number of fused-ring (bicyclic) bond motifs is 7. The summed E-state index contributed by atoms with van der Waals surface area (Å²) in [7, 11) is -6.89. The van der Waals surface area contributed by atoms with Gasteiger partial charge in [0.05, 0.1) is 0 Å². The minimum Gasteiger partial charge on any atom is -0.445 e. The van der Waals surface area contributed by atoms with Crippen LogP contribution in [0.15, 0.2) is 79.7 Å². The molecule has 0 amide bonds. The van der Waals surface area contributed by atoms with E-state index in [0.717, 1.165) is 55.6 Å². The summed E-state index contributed by atoms with van der Waals surface area (Å²) in [5.74, 6) is 0. The van der Waals surface area contributed by atoms with Crippen molar-refractivity contribution in [1.82, 2.24) is 0 Å². The van der Waals surface area contributed by atoms with Crippen LogP contribution in [0.4, 0.5) is 0 Å². The third-order valence-electron chi connectivity index (χ3n) is 5.79. The maximum absolute atomic E-state index is 11.9. The van der Waals surface area contributed by atoms with E-state index in [0.29, 0.717) is 11.2 Å². The monoisotopic (exact) mass is 464 g/mol. The summed E-state index contributed by atoms with van der Waals surface area (Å²) in [5, 5.41) is 7.08. The highest BCUT2D eigenvalue weighted by Gasteiger charge is 2.17. The average Bonchev–Trinajstić information content (AvgIpc) is 3.33. The molecule has 32 heavy (non-hydrogen) atoms. The number of sulfone groups is 2. The van der Waals surface area contributed by atoms with Crippen LogP contribution >= 0.6 is 0 Å². The third-order valence-corrected chi connectivity index (χ3v) is 7.66. The van der Waals surface area contributed by atoms with Crippen molar-refractivity contribution in [3.63, 3.8) is 0 Å². The van der Waals surface area contributed by atoms with Gasteiger partial charge in [-0.05, 0) is 56.6 Å². The highest BCUT2D eigenvalue weighted by molar-refractivity contribution is 7.90. The van der Waals surface area contributed by atoms with E-state index in [1.807, 2.05) is 48.5 Å². The fourth-order valence-corrected chi connectivity index (χ4v) is 5.43. The van der Waals surface area contributed by atoms with E-state index < -0.39 is 19.7 Å². The molecule has 0 aliphatic carbocycles. The SMILES string of the molecule is CS(=O)(=O)c1cc2cc3ccc4c5cc6oc(S(C)(=O)=O)cc6cc5ccc4c3cc2o1. The normalized spacial score (nSPS) is 13.2. The lowest BCUT2D eigenvalue weighted by Gasteiger charge is -2.08. The first kappa shape index (κ1) is 19.3. The van der Waals surface area contributed by atoms with Gasteiger partial charge in [-0.15, -0.1) is 0 Å². The predicted molar refractivity (Wildman–Crippen MR) is 125 cm³/mol. The van der Waals surface area contributed by atoms with Crippen molar-refractivity contribution < 1.29 is 25.7 Å².